The average Bonchev–Trinajstić information content (AvgIpc) is 2.46. The third-order valence-corrected chi connectivity index (χ3v) is 5.13. The Labute approximate surface area is 140 Å². The molecule has 2 aliphatic rings. The second-order valence-corrected chi connectivity index (χ2v) is 6.93. The van der Waals surface area contributed by atoms with Gasteiger partial charge in [-0.25, -0.2) is 4.79 Å². The largest absolute Gasteiger partial charge is 0.481 e. The fourth-order valence-corrected chi connectivity index (χ4v) is 3.57. The van der Waals surface area contributed by atoms with Gasteiger partial charge in [0.2, 0.25) is 0 Å². The number of nitrogens with zero attached hydrogens (tertiary/aromatic N) is 1. The number of hydrogen-bond donors (Lipinski definition) is 2. The van der Waals surface area contributed by atoms with E-state index in [9.17, 15) is 9.59 Å². The minimum absolute atomic E-state index is 0.0398. The molecule has 6 heteroatoms. The number of benzene rings is 1. The molecule has 1 saturated carbocycles. The summed E-state index contributed by atoms with van der Waals surface area (Å²) in [6.07, 6.45) is 2.78. The Kier molecular flexibility index (Phi) is 4.76. The van der Waals surface area contributed by atoms with Crippen molar-refractivity contribution in [3.05, 3.63) is 34.9 Å². The standard InChI is InChI=1S/C17H21ClN2O3/c18-14-3-1-2-12(8-14)13-9-20(10-13)17(23)19-15-6-4-11(5-7-15)16(21)22/h1-3,8,11,13,15H,4-7,9-10H2,(H,19,23)(H,21,22). The fraction of sp³-hybridized carbons (Fsp3) is 0.529. The molecule has 2 N–H and O–H groups in total. The molecule has 23 heavy (non-hydrogen) atoms. The highest BCUT2D eigenvalue weighted by Gasteiger charge is 2.33. The monoisotopic (exact) mass is 336 g/mol. The van der Waals surface area contributed by atoms with Gasteiger partial charge in [-0.05, 0) is 43.4 Å². The number of hydrogen-bond acceptors (Lipinski definition) is 2. The molecule has 0 radical (unpaired) electrons. The van der Waals surface area contributed by atoms with E-state index in [0.717, 1.165) is 17.9 Å². The lowest BCUT2D eigenvalue weighted by Crippen LogP contribution is -2.54. The first-order valence-electron chi connectivity index (χ1n) is 8.06. The lowest BCUT2D eigenvalue weighted by Gasteiger charge is -2.40. The minimum atomic E-state index is -0.720. The number of likely N-dealkylation sites (tertiary alicyclic amines) is 1. The van der Waals surface area contributed by atoms with Crippen LogP contribution >= 0.6 is 11.6 Å². The van der Waals surface area contributed by atoms with Crippen LogP contribution in [0.3, 0.4) is 0 Å². The Morgan fingerprint density at radius 3 is 2.48 bits per heavy atom. The van der Waals surface area contributed by atoms with Crippen LogP contribution in [0.2, 0.25) is 5.02 Å². The zero-order chi connectivity index (χ0) is 16.4. The van der Waals surface area contributed by atoms with Crippen LogP contribution < -0.4 is 5.32 Å². The quantitative estimate of drug-likeness (QED) is 0.891. The summed E-state index contributed by atoms with van der Waals surface area (Å²) >= 11 is 6.00. The van der Waals surface area contributed by atoms with Crippen molar-refractivity contribution in [1.29, 1.82) is 0 Å². The van der Waals surface area contributed by atoms with Gasteiger partial charge >= 0.3 is 12.0 Å². The van der Waals surface area contributed by atoms with Crippen LogP contribution in [0.5, 0.6) is 0 Å². The highest BCUT2D eigenvalue weighted by Crippen LogP contribution is 2.29. The summed E-state index contributed by atoms with van der Waals surface area (Å²) in [7, 11) is 0. The number of carboxylic acids is 1. The summed E-state index contributed by atoms with van der Waals surface area (Å²) in [5, 5.41) is 12.7. The Bertz CT molecular complexity index is 593. The van der Waals surface area contributed by atoms with E-state index < -0.39 is 5.97 Å². The van der Waals surface area contributed by atoms with E-state index >= 15 is 0 Å². The second kappa shape index (κ2) is 6.79. The van der Waals surface area contributed by atoms with Crippen molar-refractivity contribution in [2.75, 3.05) is 13.1 Å². The molecule has 0 bridgehead atoms. The van der Waals surface area contributed by atoms with Crippen LogP contribution in [0, 0.1) is 5.92 Å². The molecule has 0 atom stereocenters. The van der Waals surface area contributed by atoms with Gasteiger partial charge in [0.15, 0.2) is 0 Å². The molecule has 0 unspecified atom stereocenters. The molecule has 2 fully saturated rings. The number of carbonyl (C=O) groups is 2. The van der Waals surface area contributed by atoms with Crippen LogP contribution in [0.1, 0.15) is 37.2 Å². The molecule has 5 nitrogen and oxygen atoms in total. The number of amides is 2. The third-order valence-electron chi connectivity index (χ3n) is 4.89. The van der Waals surface area contributed by atoms with Crippen LogP contribution in [0.25, 0.3) is 0 Å². The van der Waals surface area contributed by atoms with Gasteiger partial charge < -0.3 is 15.3 Å². The maximum Gasteiger partial charge on any atom is 0.317 e. The van der Waals surface area contributed by atoms with Crippen molar-refractivity contribution < 1.29 is 14.7 Å². The number of carbonyl (C=O) groups excluding carboxylic acids is 1. The number of halogens is 1. The van der Waals surface area contributed by atoms with Gasteiger partial charge in [0.05, 0.1) is 5.92 Å². The van der Waals surface area contributed by atoms with Gasteiger partial charge in [0, 0.05) is 30.1 Å². The first-order valence-corrected chi connectivity index (χ1v) is 8.44. The fourth-order valence-electron chi connectivity index (χ4n) is 3.37. The zero-order valence-electron chi connectivity index (χ0n) is 12.9. The molecule has 1 aromatic carbocycles. The zero-order valence-corrected chi connectivity index (χ0v) is 13.6. The summed E-state index contributed by atoms with van der Waals surface area (Å²) < 4.78 is 0. The molecular weight excluding hydrogens is 316 g/mol. The van der Waals surface area contributed by atoms with Crippen molar-refractivity contribution in [2.45, 2.75) is 37.6 Å². The van der Waals surface area contributed by atoms with E-state index in [0.29, 0.717) is 31.8 Å². The molecule has 0 spiro atoms. The van der Waals surface area contributed by atoms with Gasteiger partial charge in [-0.3, -0.25) is 4.79 Å². The molecule has 3 rings (SSSR count). The smallest absolute Gasteiger partial charge is 0.317 e. The van der Waals surface area contributed by atoms with Crippen molar-refractivity contribution in [3.8, 4) is 0 Å². The molecule has 2 amide bonds. The first kappa shape index (κ1) is 16.1. The Balaban J connectivity index is 1.44. The molecule has 1 aliphatic carbocycles. The normalized spacial score (nSPS) is 24.8. The maximum atomic E-state index is 12.2. The topological polar surface area (TPSA) is 69.6 Å². The van der Waals surface area contributed by atoms with Gasteiger partial charge in [-0.2, -0.15) is 0 Å². The lowest BCUT2D eigenvalue weighted by atomic mass is 9.86. The number of carboxylic acid groups (broad SMARTS) is 1. The molecule has 1 heterocycles. The highest BCUT2D eigenvalue weighted by molar-refractivity contribution is 6.30. The Hall–Kier alpha value is -1.75. The molecule has 1 aromatic rings. The van der Waals surface area contributed by atoms with E-state index in [2.05, 4.69) is 5.32 Å². The third kappa shape index (κ3) is 3.78. The molecule has 0 aromatic heterocycles. The highest BCUT2D eigenvalue weighted by atomic mass is 35.5. The van der Waals surface area contributed by atoms with Gasteiger partial charge in [-0.15, -0.1) is 0 Å². The predicted octanol–water partition coefficient (Wildman–Crippen LogP) is 3.09. The first-order chi connectivity index (χ1) is 11.0. The van der Waals surface area contributed by atoms with E-state index in [4.69, 9.17) is 16.7 Å². The number of rotatable bonds is 3. The summed E-state index contributed by atoms with van der Waals surface area (Å²) in [4.78, 5) is 25.0. The van der Waals surface area contributed by atoms with Crippen molar-refractivity contribution in [2.24, 2.45) is 5.92 Å². The van der Waals surface area contributed by atoms with Crippen LogP contribution in [-0.4, -0.2) is 41.1 Å². The molecule has 124 valence electrons. The molecular formula is C17H21ClN2O3. The number of urea groups is 1. The van der Waals surface area contributed by atoms with Crippen molar-refractivity contribution in [1.82, 2.24) is 10.2 Å². The van der Waals surface area contributed by atoms with Crippen LogP contribution in [0.4, 0.5) is 4.79 Å². The average molecular weight is 337 g/mol. The summed E-state index contributed by atoms with van der Waals surface area (Å²) in [5.41, 5.74) is 1.17. The number of aliphatic carboxylic acids is 1. The van der Waals surface area contributed by atoms with E-state index in [1.165, 1.54) is 5.56 Å². The van der Waals surface area contributed by atoms with Gasteiger partial charge in [-0.1, -0.05) is 23.7 Å². The van der Waals surface area contributed by atoms with Crippen molar-refractivity contribution >= 4 is 23.6 Å². The molecule has 1 aliphatic heterocycles. The Morgan fingerprint density at radius 2 is 1.87 bits per heavy atom. The van der Waals surface area contributed by atoms with Gasteiger partial charge in [0.1, 0.15) is 0 Å². The molecule has 1 saturated heterocycles. The second-order valence-electron chi connectivity index (χ2n) is 6.49. The maximum absolute atomic E-state index is 12.2. The SMILES string of the molecule is O=C(O)C1CCC(NC(=O)N2CC(c3cccc(Cl)c3)C2)CC1. The predicted molar refractivity (Wildman–Crippen MR) is 87.7 cm³/mol. The summed E-state index contributed by atoms with van der Waals surface area (Å²) in [5.74, 6) is -0.622. The lowest BCUT2D eigenvalue weighted by molar-refractivity contribution is -0.142. The van der Waals surface area contributed by atoms with Crippen LogP contribution in [-0.2, 0) is 4.79 Å². The van der Waals surface area contributed by atoms with Crippen molar-refractivity contribution in [3.63, 3.8) is 0 Å². The van der Waals surface area contributed by atoms with E-state index in [1.807, 2.05) is 24.3 Å². The minimum Gasteiger partial charge on any atom is -0.481 e. The van der Waals surface area contributed by atoms with Gasteiger partial charge in [0.25, 0.3) is 0 Å². The summed E-state index contributed by atoms with van der Waals surface area (Å²) in [6.45, 7) is 1.41. The Morgan fingerprint density at radius 1 is 1.17 bits per heavy atom. The summed E-state index contributed by atoms with van der Waals surface area (Å²) in [6, 6.07) is 7.83. The van der Waals surface area contributed by atoms with E-state index in [1.54, 1.807) is 4.90 Å². The number of nitrogens with one attached hydrogen (secondary N) is 1. The van der Waals surface area contributed by atoms with Crippen LogP contribution in [0.15, 0.2) is 24.3 Å². The van der Waals surface area contributed by atoms with E-state index in [-0.39, 0.29) is 18.0 Å².